The number of piperidine rings is 1. The van der Waals surface area contributed by atoms with Gasteiger partial charge in [0, 0.05) is 19.2 Å². The second kappa shape index (κ2) is 9.42. The standard InChI is InChI=1S/C21H23F2N3O4S/c1-31(29,30)26(15-9-10-17(22)18(23)13-15)14-20(27)24-19-8-4-3-7-16(19)21(28)25-11-5-2-6-12-25/h3-4,7-10,13H,2,5-6,11-12,14H2,1H3,(H,24,27). The van der Waals surface area contributed by atoms with Crippen LogP contribution in [-0.4, -0.2) is 51.0 Å². The van der Waals surface area contributed by atoms with Crippen molar-refractivity contribution in [3.63, 3.8) is 0 Å². The lowest BCUT2D eigenvalue weighted by molar-refractivity contribution is -0.114. The number of sulfonamides is 1. The van der Waals surface area contributed by atoms with Crippen molar-refractivity contribution >= 4 is 33.2 Å². The van der Waals surface area contributed by atoms with Crippen molar-refractivity contribution in [3.8, 4) is 0 Å². The van der Waals surface area contributed by atoms with Crippen molar-refractivity contribution in [2.45, 2.75) is 19.3 Å². The van der Waals surface area contributed by atoms with Crippen molar-refractivity contribution in [3.05, 3.63) is 59.7 Å². The number of likely N-dealkylation sites (tertiary alicyclic amines) is 1. The molecule has 1 aliphatic heterocycles. The van der Waals surface area contributed by atoms with E-state index in [0.29, 0.717) is 29.0 Å². The number of hydrogen-bond acceptors (Lipinski definition) is 4. The number of para-hydroxylation sites is 1. The summed E-state index contributed by atoms with van der Waals surface area (Å²) in [6, 6.07) is 9.03. The minimum absolute atomic E-state index is 0.186. The van der Waals surface area contributed by atoms with Crippen LogP contribution in [0.15, 0.2) is 42.5 Å². The van der Waals surface area contributed by atoms with Gasteiger partial charge in [0.05, 0.1) is 23.2 Å². The number of halogens is 2. The van der Waals surface area contributed by atoms with Crippen LogP contribution in [0.5, 0.6) is 0 Å². The molecule has 2 aromatic rings. The summed E-state index contributed by atoms with van der Waals surface area (Å²) in [5, 5.41) is 2.57. The van der Waals surface area contributed by atoms with E-state index >= 15 is 0 Å². The maximum Gasteiger partial charge on any atom is 0.255 e. The van der Waals surface area contributed by atoms with Gasteiger partial charge in [0.15, 0.2) is 11.6 Å². The van der Waals surface area contributed by atoms with E-state index in [0.717, 1.165) is 37.7 Å². The molecule has 2 aromatic carbocycles. The molecule has 0 atom stereocenters. The third-order valence-electron chi connectivity index (χ3n) is 4.95. The van der Waals surface area contributed by atoms with Gasteiger partial charge in [0.1, 0.15) is 6.54 Å². The molecule has 1 fully saturated rings. The van der Waals surface area contributed by atoms with E-state index < -0.39 is 34.1 Å². The molecular weight excluding hydrogens is 428 g/mol. The Morgan fingerprint density at radius 1 is 1.03 bits per heavy atom. The molecule has 0 spiro atoms. The van der Waals surface area contributed by atoms with Gasteiger partial charge < -0.3 is 10.2 Å². The monoisotopic (exact) mass is 451 g/mol. The molecule has 0 radical (unpaired) electrons. The van der Waals surface area contributed by atoms with Gasteiger partial charge in [-0.25, -0.2) is 17.2 Å². The highest BCUT2D eigenvalue weighted by atomic mass is 32.2. The summed E-state index contributed by atoms with van der Waals surface area (Å²) in [5.41, 5.74) is 0.368. The normalized spacial score (nSPS) is 14.2. The number of benzene rings is 2. The Balaban J connectivity index is 1.80. The number of nitrogens with one attached hydrogen (secondary N) is 1. The molecular formula is C21H23F2N3O4S. The Bertz CT molecular complexity index is 1090. The van der Waals surface area contributed by atoms with Gasteiger partial charge in [-0.05, 0) is 43.5 Å². The molecule has 31 heavy (non-hydrogen) atoms. The van der Waals surface area contributed by atoms with Gasteiger partial charge in [0.2, 0.25) is 15.9 Å². The van der Waals surface area contributed by atoms with Crippen LogP contribution in [0.1, 0.15) is 29.6 Å². The van der Waals surface area contributed by atoms with Gasteiger partial charge >= 0.3 is 0 Å². The maximum absolute atomic E-state index is 13.6. The average molecular weight is 451 g/mol. The summed E-state index contributed by atoms with van der Waals surface area (Å²) in [4.78, 5) is 27.2. The van der Waals surface area contributed by atoms with E-state index in [2.05, 4.69) is 5.32 Å². The largest absolute Gasteiger partial charge is 0.339 e. The Morgan fingerprint density at radius 2 is 1.71 bits per heavy atom. The molecule has 10 heteroatoms. The summed E-state index contributed by atoms with van der Waals surface area (Å²) >= 11 is 0. The molecule has 2 amide bonds. The SMILES string of the molecule is CS(=O)(=O)N(CC(=O)Nc1ccccc1C(=O)N1CCCCC1)c1ccc(F)c(F)c1. The molecule has 1 N–H and O–H groups in total. The fourth-order valence-corrected chi connectivity index (χ4v) is 4.25. The molecule has 0 bridgehead atoms. The third-order valence-corrected chi connectivity index (χ3v) is 6.09. The van der Waals surface area contributed by atoms with Crippen molar-refractivity contribution < 1.29 is 26.8 Å². The van der Waals surface area contributed by atoms with Crippen molar-refractivity contribution in [2.24, 2.45) is 0 Å². The summed E-state index contributed by atoms with van der Waals surface area (Å²) in [6.07, 6.45) is 3.75. The molecule has 1 saturated heterocycles. The van der Waals surface area contributed by atoms with Crippen molar-refractivity contribution in [1.82, 2.24) is 4.90 Å². The van der Waals surface area contributed by atoms with Crippen LogP contribution in [0.25, 0.3) is 0 Å². The van der Waals surface area contributed by atoms with Gasteiger partial charge in [0.25, 0.3) is 5.91 Å². The number of anilines is 2. The van der Waals surface area contributed by atoms with Gasteiger partial charge in [-0.2, -0.15) is 0 Å². The molecule has 0 aliphatic carbocycles. The van der Waals surface area contributed by atoms with Crippen LogP contribution in [0, 0.1) is 11.6 Å². The van der Waals surface area contributed by atoms with Crippen LogP contribution in [0.2, 0.25) is 0 Å². The number of amides is 2. The quantitative estimate of drug-likeness (QED) is 0.732. The first-order chi connectivity index (χ1) is 14.7. The topological polar surface area (TPSA) is 86.8 Å². The second-order valence-electron chi connectivity index (χ2n) is 7.31. The molecule has 1 heterocycles. The summed E-state index contributed by atoms with van der Waals surface area (Å²) < 4.78 is 51.8. The summed E-state index contributed by atoms with van der Waals surface area (Å²) in [6.45, 7) is 0.606. The van der Waals surface area contributed by atoms with Crippen molar-refractivity contribution in [2.75, 3.05) is 35.5 Å². The molecule has 3 rings (SSSR count). The number of carbonyl (C=O) groups is 2. The van der Waals surface area contributed by atoms with Gasteiger partial charge in [-0.3, -0.25) is 13.9 Å². The fourth-order valence-electron chi connectivity index (χ4n) is 3.41. The van der Waals surface area contributed by atoms with Crippen LogP contribution < -0.4 is 9.62 Å². The molecule has 1 aliphatic rings. The minimum atomic E-state index is -3.97. The molecule has 7 nitrogen and oxygen atoms in total. The zero-order valence-electron chi connectivity index (χ0n) is 17.0. The minimum Gasteiger partial charge on any atom is -0.339 e. The van der Waals surface area contributed by atoms with Crippen molar-refractivity contribution in [1.29, 1.82) is 0 Å². The first-order valence-corrected chi connectivity index (χ1v) is 11.6. The average Bonchev–Trinajstić information content (AvgIpc) is 2.74. The Hall–Kier alpha value is -3.01. The molecule has 0 aromatic heterocycles. The lowest BCUT2D eigenvalue weighted by Gasteiger charge is -2.27. The van der Waals surface area contributed by atoms with Crippen LogP contribution in [-0.2, 0) is 14.8 Å². The predicted molar refractivity (Wildman–Crippen MR) is 113 cm³/mol. The number of hydrogen-bond donors (Lipinski definition) is 1. The first kappa shape index (κ1) is 22.7. The van der Waals surface area contributed by atoms with Crippen LogP contribution >= 0.6 is 0 Å². The lowest BCUT2D eigenvalue weighted by Crippen LogP contribution is -2.38. The number of carbonyl (C=O) groups excluding carboxylic acids is 2. The van der Waals surface area contributed by atoms with Crippen LogP contribution in [0.4, 0.5) is 20.2 Å². The highest BCUT2D eigenvalue weighted by molar-refractivity contribution is 7.92. The van der Waals surface area contributed by atoms with Gasteiger partial charge in [-0.1, -0.05) is 12.1 Å². The second-order valence-corrected chi connectivity index (χ2v) is 9.22. The first-order valence-electron chi connectivity index (χ1n) is 9.78. The zero-order valence-corrected chi connectivity index (χ0v) is 17.8. The van der Waals surface area contributed by atoms with E-state index in [4.69, 9.17) is 0 Å². The summed E-state index contributed by atoms with van der Waals surface area (Å²) in [7, 11) is -3.97. The number of rotatable bonds is 6. The highest BCUT2D eigenvalue weighted by Gasteiger charge is 2.24. The number of nitrogens with zero attached hydrogens (tertiary/aromatic N) is 2. The van der Waals surface area contributed by atoms with E-state index in [1.807, 2.05) is 0 Å². The smallest absolute Gasteiger partial charge is 0.255 e. The summed E-state index contributed by atoms with van der Waals surface area (Å²) in [5.74, 6) is -3.30. The predicted octanol–water partition coefficient (Wildman–Crippen LogP) is 3.00. The lowest BCUT2D eigenvalue weighted by atomic mass is 10.1. The van der Waals surface area contributed by atoms with E-state index in [-0.39, 0.29) is 17.3 Å². The Morgan fingerprint density at radius 3 is 2.35 bits per heavy atom. The Labute approximate surface area is 179 Å². The molecule has 0 unspecified atom stereocenters. The van der Waals surface area contributed by atoms with Crippen LogP contribution in [0.3, 0.4) is 0 Å². The maximum atomic E-state index is 13.6. The highest BCUT2D eigenvalue weighted by Crippen LogP contribution is 2.22. The van der Waals surface area contributed by atoms with E-state index in [1.165, 1.54) is 0 Å². The van der Waals surface area contributed by atoms with E-state index in [9.17, 15) is 26.8 Å². The third kappa shape index (κ3) is 5.57. The fraction of sp³-hybridized carbons (Fsp3) is 0.333. The molecule has 0 saturated carbocycles. The van der Waals surface area contributed by atoms with Gasteiger partial charge in [-0.15, -0.1) is 0 Å². The molecule has 166 valence electrons. The van der Waals surface area contributed by atoms with E-state index in [1.54, 1.807) is 29.2 Å². The Kier molecular flexibility index (Phi) is 6.89. The zero-order chi connectivity index (χ0) is 22.6.